The number of pyridine rings is 1. The van der Waals surface area contributed by atoms with Crippen LogP contribution in [-0.2, 0) is 11.3 Å². The van der Waals surface area contributed by atoms with E-state index in [4.69, 9.17) is 5.11 Å². The van der Waals surface area contributed by atoms with E-state index < -0.39 is 5.97 Å². The maximum Gasteiger partial charge on any atom is 0.317 e. The summed E-state index contributed by atoms with van der Waals surface area (Å²) >= 11 is 0. The maximum absolute atomic E-state index is 10.9. The van der Waals surface area contributed by atoms with Crippen LogP contribution in [0.2, 0.25) is 0 Å². The Morgan fingerprint density at radius 1 is 1.28 bits per heavy atom. The lowest BCUT2D eigenvalue weighted by Crippen LogP contribution is -2.53. The van der Waals surface area contributed by atoms with E-state index in [1.807, 2.05) is 24.1 Å². The summed E-state index contributed by atoms with van der Waals surface area (Å²) in [5.74, 6) is -0.745. The third-order valence-corrected chi connectivity index (χ3v) is 4.89. The van der Waals surface area contributed by atoms with Gasteiger partial charge in [0.2, 0.25) is 0 Å². The molecule has 1 aliphatic carbocycles. The summed E-state index contributed by atoms with van der Waals surface area (Å²) < 4.78 is 0. The Kier molecular flexibility index (Phi) is 5.79. The van der Waals surface area contributed by atoms with E-state index >= 15 is 0 Å². The van der Waals surface area contributed by atoms with Crippen molar-refractivity contribution in [2.45, 2.75) is 38.4 Å². The van der Waals surface area contributed by atoms with Crippen LogP contribution in [0.25, 0.3) is 11.1 Å². The molecular weight excluding hydrogens is 314 g/mol. The molecule has 1 aliphatic rings. The molecule has 1 aromatic heterocycles. The molecule has 0 spiro atoms. The van der Waals surface area contributed by atoms with Crippen molar-refractivity contribution in [3.05, 3.63) is 54.4 Å². The molecule has 0 atom stereocenters. The van der Waals surface area contributed by atoms with Crippen molar-refractivity contribution in [2.24, 2.45) is 0 Å². The number of rotatable bonds is 8. The average Bonchev–Trinajstić information content (AvgIpc) is 2.60. The van der Waals surface area contributed by atoms with Crippen molar-refractivity contribution >= 4 is 5.97 Å². The fourth-order valence-corrected chi connectivity index (χ4v) is 3.38. The predicted octanol–water partition coefficient (Wildman–Crippen LogP) is 2.78. The topological polar surface area (TPSA) is 65.5 Å². The Morgan fingerprint density at radius 3 is 2.76 bits per heavy atom. The van der Waals surface area contributed by atoms with Gasteiger partial charge in [-0.05, 0) is 48.2 Å². The van der Waals surface area contributed by atoms with Crippen LogP contribution in [-0.4, -0.2) is 46.1 Å². The number of nitrogens with one attached hydrogen (secondary N) is 1. The van der Waals surface area contributed by atoms with Crippen molar-refractivity contribution < 1.29 is 9.90 Å². The van der Waals surface area contributed by atoms with E-state index in [2.05, 4.69) is 40.6 Å². The SMILES string of the molecule is CCN(CC(=O)O)C1CC(NCc2cccc(-c3cccnc3)c2)C1. The summed E-state index contributed by atoms with van der Waals surface area (Å²) in [5, 5.41) is 12.5. The first-order valence-corrected chi connectivity index (χ1v) is 8.84. The van der Waals surface area contributed by atoms with E-state index in [0.717, 1.165) is 31.5 Å². The highest BCUT2D eigenvalue weighted by Gasteiger charge is 2.33. The number of benzene rings is 1. The molecule has 0 amide bonds. The van der Waals surface area contributed by atoms with Gasteiger partial charge < -0.3 is 10.4 Å². The highest BCUT2D eigenvalue weighted by molar-refractivity contribution is 5.69. The van der Waals surface area contributed by atoms with Crippen molar-refractivity contribution in [3.63, 3.8) is 0 Å². The summed E-state index contributed by atoms with van der Waals surface area (Å²) in [5.41, 5.74) is 3.56. The second kappa shape index (κ2) is 8.23. The quantitative estimate of drug-likeness (QED) is 0.774. The van der Waals surface area contributed by atoms with Crippen LogP contribution in [0.4, 0.5) is 0 Å². The molecule has 0 aliphatic heterocycles. The van der Waals surface area contributed by atoms with Crippen molar-refractivity contribution in [1.82, 2.24) is 15.2 Å². The first-order valence-electron chi connectivity index (χ1n) is 8.84. The van der Waals surface area contributed by atoms with Gasteiger partial charge in [0.25, 0.3) is 0 Å². The number of carbonyl (C=O) groups is 1. The highest BCUT2D eigenvalue weighted by atomic mass is 16.4. The van der Waals surface area contributed by atoms with E-state index in [1.165, 1.54) is 11.1 Å². The molecule has 1 aromatic carbocycles. The Hall–Kier alpha value is -2.24. The minimum absolute atomic E-state index is 0.140. The number of aliphatic carboxylic acids is 1. The molecule has 0 bridgehead atoms. The van der Waals surface area contributed by atoms with Gasteiger partial charge in [0.05, 0.1) is 6.54 Å². The van der Waals surface area contributed by atoms with Crippen LogP contribution in [0, 0.1) is 0 Å². The Balaban J connectivity index is 1.50. The van der Waals surface area contributed by atoms with Crippen molar-refractivity contribution in [2.75, 3.05) is 13.1 Å². The standard InChI is InChI=1S/C20H25N3O2/c1-2-23(14-20(24)25)19-10-18(11-19)22-12-15-5-3-6-16(9-15)17-7-4-8-21-13-17/h3-9,13,18-19,22H,2,10-12,14H2,1H3,(H,24,25). The molecule has 25 heavy (non-hydrogen) atoms. The number of hydrogen-bond donors (Lipinski definition) is 2. The minimum Gasteiger partial charge on any atom is -0.480 e. The monoisotopic (exact) mass is 339 g/mol. The van der Waals surface area contributed by atoms with E-state index in [0.29, 0.717) is 12.1 Å². The summed E-state index contributed by atoms with van der Waals surface area (Å²) in [7, 11) is 0. The van der Waals surface area contributed by atoms with Gasteiger partial charge in [0, 0.05) is 31.0 Å². The van der Waals surface area contributed by atoms with Gasteiger partial charge in [-0.25, -0.2) is 0 Å². The highest BCUT2D eigenvalue weighted by Crippen LogP contribution is 2.26. The maximum atomic E-state index is 10.9. The minimum atomic E-state index is -0.745. The molecule has 1 saturated carbocycles. The average molecular weight is 339 g/mol. The molecule has 2 aromatic rings. The van der Waals surface area contributed by atoms with Gasteiger partial charge >= 0.3 is 5.97 Å². The molecule has 2 N–H and O–H groups in total. The van der Waals surface area contributed by atoms with Crippen molar-refractivity contribution in [1.29, 1.82) is 0 Å². The van der Waals surface area contributed by atoms with Gasteiger partial charge in [0.1, 0.15) is 0 Å². The van der Waals surface area contributed by atoms with E-state index in [-0.39, 0.29) is 6.54 Å². The van der Waals surface area contributed by atoms with Gasteiger partial charge in [-0.1, -0.05) is 31.2 Å². The van der Waals surface area contributed by atoms with Crippen molar-refractivity contribution in [3.8, 4) is 11.1 Å². The Morgan fingerprint density at radius 2 is 2.08 bits per heavy atom. The number of nitrogens with zero attached hydrogens (tertiary/aromatic N) is 2. The number of carboxylic acid groups (broad SMARTS) is 1. The van der Waals surface area contributed by atoms with Gasteiger partial charge in [0.15, 0.2) is 0 Å². The summed E-state index contributed by atoms with van der Waals surface area (Å²) in [6.45, 7) is 3.78. The lowest BCUT2D eigenvalue weighted by Gasteiger charge is -2.42. The lowest BCUT2D eigenvalue weighted by atomic mass is 9.85. The zero-order chi connectivity index (χ0) is 17.6. The number of carboxylic acids is 1. The van der Waals surface area contributed by atoms with Crippen LogP contribution >= 0.6 is 0 Å². The largest absolute Gasteiger partial charge is 0.480 e. The fraction of sp³-hybridized carbons (Fsp3) is 0.400. The Bertz CT molecular complexity index is 699. The molecule has 0 unspecified atom stereocenters. The molecule has 1 fully saturated rings. The second-order valence-corrected chi connectivity index (χ2v) is 6.60. The molecule has 132 valence electrons. The molecule has 5 nitrogen and oxygen atoms in total. The molecule has 0 radical (unpaired) electrons. The third kappa shape index (κ3) is 4.65. The molecule has 0 saturated heterocycles. The first kappa shape index (κ1) is 17.6. The third-order valence-electron chi connectivity index (χ3n) is 4.89. The smallest absolute Gasteiger partial charge is 0.317 e. The summed E-state index contributed by atoms with van der Waals surface area (Å²) in [6, 6.07) is 13.4. The fourth-order valence-electron chi connectivity index (χ4n) is 3.38. The normalized spacial score (nSPS) is 19.6. The second-order valence-electron chi connectivity index (χ2n) is 6.60. The Labute approximate surface area is 148 Å². The number of likely N-dealkylation sites (N-methyl/N-ethyl adjacent to an activating group) is 1. The number of hydrogen-bond acceptors (Lipinski definition) is 4. The van der Waals surface area contributed by atoms with E-state index in [9.17, 15) is 4.79 Å². The van der Waals surface area contributed by atoms with E-state index in [1.54, 1.807) is 6.20 Å². The van der Waals surface area contributed by atoms with Crippen LogP contribution < -0.4 is 5.32 Å². The molecule has 5 heteroatoms. The molecule has 1 heterocycles. The van der Waals surface area contributed by atoms with Crippen LogP contribution in [0.1, 0.15) is 25.3 Å². The van der Waals surface area contributed by atoms with Crippen LogP contribution in [0.3, 0.4) is 0 Å². The zero-order valence-corrected chi connectivity index (χ0v) is 14.6. The number of aromatic nitrogens is 1. The van der Waals surface area contributed by atoms with Gasteiger partial charge in [-0.3, -0.25) is 14.7 Å². The van der Waals surface area contributed by atoms with Crippen LogP contribution in [0.15, 0.2) is 48.8 Å². The molecule has 3 rings (SSSR count). The zero-order valence-electron chi connectivity index (χ0n) is 14.6. The lowest BCUT2D eigenvalue weighted by molar-refractivity contribution is -0.139. The van der Waals surface area contributed by atoms with Crippen LogP contribution in [0.5, 0.6) is 0 Å². The van der Waals surface area contributed by atoms with Gasteiger partial charge in [-0.15, -0.1) is 0 Å². The van der Waals surface area contributed by atoms with Gasteiger partial charge in [-0.2, -0.15) is 0 Å². The summed E-state index contributed by atoms with van der Waals surface area (Å²) in [4.78, 5) is 17.1. The first-order chi connectivity index (χ1) is 12.2. The molecular formula is C20H25N3O2. The predicted molar refractivity (Wildman–Crippen MR) is 98.2 cm³/mol. The summed E-state index contributed by atoms with van der Waals surface area (Å²) in [6.07, 6.45) is 5.70.